The van der Waals surface area contributed by atoms with Crippen molar-refractivity contribution in [2.24, 2.45) is 10.8 Å². The second kappa shape index (κ2) is 3.54. The number of hydrogen-bond acceptors (Lipinski definition) is 4. The van der Waals surface area contributed by atoms with E-state index in [-0.39, 0.29) is 6.61 Å². The average molecular weight is 158 g/mol. The Morgan fingerprint density at radius 1 is 1.64 bits per heavy atom. The van der Waals surface area contributed by atoms with Crippen molar-refractivity contribution in [2.45, 2.75) is 18.2 Å². The first kappa shape index (κ1) is 8.29. The summed E-state index contributed by atoms with van der Waals surface area (Å²) in [5.41, 5.74) is 13.6. The van der Waals surface area contributed by atoms with Crippen LogP contribution in [-0.4, -0.2) is 36.5 Å². The Kier molecular flexibility index (Phi) is 2.67. The van der Waals surface area contributed by atoms with Crippen LogP contribution in [0, 0.1) is 0 Å². The van der Waals surface area contributed by atoms with Crippen LogP contribution in [0.2, 0.25) is 0 Å². The van der Waals surface area contributed by atoms with E-state index in [1.54, 1.807) is 0 Å². The minimum absolute atomic E-state index is 0.192. The van der Waals surface area contributed by atoms with Crippen LogP contribution in [0.15, 0.2) is 5.11 Å². The minimum atomic E-state index is -0.769. The van der Waals surface area contributed by atoms with E-state index in [2.05, 4.69) is 10.0 Å². The normalized spacial score (nSPS) is 37.8. The van der Waals surface area contributed by atoms with Gasteiger partial charge in [-0.3, -0.25) is 0 Å². The molecule has 1 fully saturated rings. The van der Waals surface area contributed by atoms with Crippen molar-refractivity contribution >= 4 is 0 Å². The largest absolute Gasteiger partial charge is 0.390 e. The molecule has 62 valence electrons. The number of aliphatic hydroxyl groups excluding tert-OH is 1. The van der Waals surface area contributed by atoms with Gasteiger partial charge in [0, 0.05) is 11.0 Å². The fourth-order valence-electron chi connectivity index (χ4n) is 1.03. The fourth-order valence-corrected chi connectivity index (χ4v) is 1.03. The average Bonchev–Trinajstić information content (AvgIpc) is 1.97. The van der Waals surface area contributed by atoms with E-state index in [1.165, 1.54) is 0 Å². The third-order valence-corrected chi connectivity index (χ3v) is 1.62. The second-order valence-corrected chi connectivity index (χ2v) is 2.46. The molecule has 0 amide bonds. The molecule has 0 saturated carbocycles. The highest BCUT2D eigenvalue weighted by Gasteiger charge is 2.29. The summed E-state index contributed by atoms with van der Waals surface area (Å²) in [6.45, 7) is 0.526. The molecule has 11 heavy (non-hydrogen) atoms. The SMILES string of the molecule is [N-]=[N+]=NC1C(N)COCC1O. The molecular formula is C5H10N4O2. The van der Waals surface area contributed by atoms with Gasteiger partial charge in [0.25, 0.3) is 0 Å². The molecule has 6 heteroatoms. The van der Waals surface area contributed by atoms with E-state index in [0.29, 0.717) is 6.61 Å². The highest BCUT2D eigenvalue weighted by Crippen LogP contribution is 2.10. The number of nitrogens with zero attached hydrogens (tertiary/aromatic N) is 3. The van der Waals surface area contributed by atoms with Crippen molar-refractivity contribution in [1.82, 2.24) is 0 Å². The van der Waals surface area contributed by atoms with Gasteiger partial charge in [-0.2, -0.15) is 0 Å². The van der Waals surface area contributed by atoms with Gasteiger partial charge >= 0.3 is 0 Å². The molecule has 0 aromatic carbocycles. The predicted octanol–water partition coefficient (Wildman–Crippen LogP) is -0.616. The summed E-state index contributed by atoms with van der Waals surface area (Å²) < 4.78 is 4.91. The van der Waals surface area contributed by atoms with Crippen molar-refractivity contribution in [3.8, 4) is 0 Å². The Labute approximate surface area is 63.6 Å². The van der Waals surface area contributed by atoms with Crippen molar-refractivity contribution in [3.63, 3.8) is 0 Å². The van der Waals surface area contributed by atoms with Crippen molar-refractivity contribution in [3.05, 3.63) is 10.4 Å². The van der Waals surface area contributed by atoms with Crippen LogP contribution in [-0.2, 0) is 4.74 Å². The number of azide groups is 1. The summed E-state index contributed by atoms with van der Waals surface area (Å²) in [6, 6.07) is -0.941. The van der Waals surface area contributed by atoms with E-state index in [4.69, 9.17) is 16.0 Å². The Morgan fingerprint density at radius 3 is 2.91 bits per heavy atom. The number of hydrogen-bond donors (Lipinski definition) is 2. The van der Waals surface area contributed by atoms with Gasteiger partial charge in [-0.25, -0.2) is 0 Å². The molecule has 3 unspecified atom stereocenters. The molecule has 1 aliphatic rings. The van der Waals surface area contributed by atoms with Gasteiger partial charge in [0.1, 0.15) is 0 Å². The molecule has 1 aliphatic heterocycles. The van der Waals surface area contributed by atoms with E-state index in [0.717, 1.165) is 0 Å². The highest BCUT2D eigenvalue weighted by atomic mass is 16.5. The Morgan fingerprint density at radius 2 is 2.36 bits per heavy atom. The molecular weight excluding hydrogens is 148 g/mol. The van der Waals surface area contributed by atoms with Crippen LogP contribution in [0.3, 0.4) is 0 Å². The molecule has 0 aromatic rings. The highest BCUT2D eigenvalue weighted by molar-refractivity contribution is 4.89. The van der Waals surface area contributed by atoms with Crippen LogP contribution in [0.4, 0.5) is 0 Å². The lowest BCUT2D eigenvalue weighted by atomic mass is 10.0. The molecule has 3 N–H and O–H groups in total. The summed E-state index contributed by atoms with van der Waals surface area (Å²) in [7, 11) is 0. The lowest BCUT2D eigenvalue weighted by Crippen LogP contribution is -2.50. The molecule has 3 atom stereocenters. The zero-order valence-electron chi connectivity index (χ0n) is 5.92. The number of aliphatic hydroxyl groups is 1. The third kappa shape index (κ3) is 1.81. The summed E-state index contributed by atoms with van der Waals surface area (Å²) >= 11 is 0. The van der Waals surface area contributed by atoms with Gasteiger partial charge in [0.15, 0.2) is 0 Å². The first-order valence-corrected chi connectivity index (χ1v) is 3.31. The van der Waals surface area contributed by atoms with Gasteiger partial charge in [-0.05, 0) is 5.53 Å². The standard InChI is InChI=1S/C5H10N4O2/c6-3-1-11-2-4(10)5(3)8-9-7/h3-5,10H,1-2,6H2. The van der Waals surface area contributed by atoms with E-state index >= 15 is 0 Å². The smallest absolute Gasteiger partial charge is 0.0874 e. The van der Waals surface area contributed by atoms with Crippen molar-refractivity contribution in [2.75, 3.05) is 13.2 Å². The fraction of sp³-hybridized carbons (Fsp3) is 1.00. The lowest BCUT2D eigenvalue weighted by molar-refractivity contribution is -0.0287. The lowest BCUT2D eigenvalue weighted by Gasteiger charge is -2.29. The maximum absolute atomic E-state index is 9.20. The molecule has 1 saturated heterocycles. The van der Waals surface area contributed by atoms with E-state index in [9.17, 15) is 5.11 Å². The van der Waals surface area contributed by atoms with Crippen LogP contribution in [0.1, 0.15) is 0 Å². The molecule has 0 aliphatic carbocycles. The van der Waals surface area contributed by atoms with E-state index < -0.39 is 18.2 Å². The van der Waals surface area contributed by atoms with Gasteiger partial charge < -0.3 is 15.6 Å². The summed E-state index contributed by atoms with van der Waals surface area (Å²) in [4.78, 5) is 2.59. The monoisotopic (exact) mass is 158 g/mol. The van der Waals surface area contributed by atoms with Crippen LogP contribution >= 0.6 is 0 Å². The quantitative estimate of drug-likeness (QED) is 0.302. The summed E-state index contributed by atoms with van der Waals surface area (Å²) in [5.74, 6) is 0. The first-order chi connectivity index (χ1) is 5.25. The Hall–Kier alpha value is -0.810. The number of rotatable bonds is 1. The molecule has 1 rings (SSSR count). The summed E-state index contributed by atoms with van der Waals surface area (Å²) in [5, 5.41) is 12.6. The van der Waals surface area contributed by atoms with Gasteiger partial charge in [-0.15, -0.1) is 0 Å². The maximum Gasteiger partial charge on any atom is 0.0874 e. The minimum Gasteiger partial charge on any atom is -0.390 e. The van der Waals surface area contributed by atoms with Crippen LogP contribution in [0.5, 0.6) is 0 Å². The first-order valence-electron chi connectivity index (χ1n) is 3.31. The van der Waals surface area contributed by atoms with Crippen molar-refractivity contribution in [1.29, 1.82) is 0 Å². The molecule has 0 aromatic heterocycles. The number of ether oxygens (including phenoxy) is 1. The molecule has 1 heterocycles. The Balaban J connectivity index is 2.62. The topological polar surface area (TPSA) is 104 Å². The number of nitrogens with two attached hydrogens (primary N) is 1. The Bertz CT molecular complexity index is 169. The van der Waals surface area contributed by atoms with Gasteiger partial charge in [0.05, 0.1) is 25.4 Å². The molecule has 0 spiro atoms. The van der Waals surface area contributed by atoms with Gasteiger partial charge in [0.2, 0.25) is 0 Å². The van der Waals surface area contributed by atoms with Crippen LogP contribution in [0.25, 0.3) is 10.4 Å². The van der Waals surface area contributed by atoms with Gasteiger partial charge in [-0.1, -0.05) is 5.11 Å². The molecule has 0 radical (unpaired) electrons. The predicted molar refractivity (Wildman–Crippen MR) is 37.7 cm³/mol. The summed E-state index contributed by atoms with van der Waals surface area (Å²) in [6.07, 6.45) is -0.769. The molecule has 6 nitrogen and oxygen atoms in total. The zero-order chi connectivity index (χ0) is 8.27. The zero-order valence-corrected chi connectivity index (χ0v) is 5.92. The van der Waals surface area contributed by atoms with E-state index in [1.807, 2.05) is 0 Å². The second-order valence-electron chi connectivity index (χ2n) is 2.46. The third-order valence-electron chi connectivity index (χ3n) is 1.62. The maximum atomic E-state index is 9.20. The van der Waals surface area contributed by atoms with Crippen LogP contribution < -0.4 is 5.73 Å². The van der Waals surface area contributed by atoms with Crippen molar-refractivity contribution < 1.29 is 9.84 Å². The molecule has 0 bridgehead atoms.